The van der Waals surface area contributed by atoms with Crippen LogP contribution in [0.1, 0.15) is 12.0 Å². The van der Waals surface area contributed by atoms with Gasteiger partial charge in [0.25, 0.3) is 0 Å². The Morgan fingerprint density at radius 1 is 1.03 bits per heavy atom. The summed E-state index contributed by atoms with van der Waals surface area (Å²) in [4.78, 5) is 27.3. The Balaban J connectivity index is 1.56. The molecule has 1 fully saturated rings. The number of nitrogens with one attached hydrogen (secondary N) is 3. The lowest BCUT2D eigenvalue weighted by Gasteiger charge is -2.13. The van der Waals surface area contributed by atoms with Gasteiger partial charge in [0.2, 0.25) is 11.8 Å². The largest absolute Gasteiger partial charge is 0.389 e. The molecule has 31 heavy (non-hydrogen) atoms. The average Bonchev–Trinajstić information content (AvgIpc) is 3.32. The van der Waals surface area contributed by atoms with Crippen LogP contribution in [0.5, 0.6) is 0 Å². The number of aromatic amines is 1. The number of hydrogen-bond acceptors (Lipinski definition) is 3. The van der Waals surface area contributed by atoms with Gasteiger partial charge in [0, 0.05) is 24.4 Å². The second kappa shape index (κ2) is 8.69. The molecule has 2 heterocycles. The van der Waals surface area contributed by atoms with Crippen LogP contribution >= 0.6 is 0 Å². The van der Waals surface area contributed by atoms with Crippen LogP contribution in [0.3, 0.4) is 0 Å². The summed E-state index contributed by atoms with van der Waals surface area (Å²) in [7, 11) is 0. The first-order valence-corrected chi connectivity index (χ1v) is 9.89. The highest BCUT2D eigenvalue weighted by Crippen LogP contribution is 2.30. The summed E-state index contributed by atoms with van der Waals surface area (Å²) in [6.07, 6.45) is -0.518. The van der Waals surface area contributed by atoms with E-state index in [-0.39, 0.29) is 30.5 Å². The molecule has 2 amide bonds. The number of H-pyrrole nitrogens is 1. The quantitative estimate of drug-likeness (QED) is 0.489. The topological polar surface area (TPSA) is 94.2 Å². The van der Waals surface area contributed by atoms with Gasteiger partial charge in [0.05, 0.1) is 0 Å². The first-order chi connectivity index (χ1) is 14.9. The van der Waals surface area contributed by atoms with Crippen LogP contribution in [0.4, 0.5) is 8.78 Å². The van der Waals surface area contributed by atoms with Crippen molar-refractivity contribution >= 4 is 11.8 Å². The number of aliphatic hydroxyl groups excluding tert-OH is 1. The Kier molecular flexibility index (Phi) is 5.81. The fraction of sp³-hybridized carbons (Fsp3) is 0.217. The number of halogens is 2. The van der Waals surface area contributed by atoms with Gasteiger partial charge in [0.15, 0.2) is 0 Å². The van der Waals surface area contributed by atoms with Crippen molar-refractivity contribution in [3.8, 4) is 22.5 Å². The monoisotopic (exact) mass is 425 g/mol. The van der Waals surface area contributed by atoms with Crippen molar-refractivity contribution in [2.45, 2.75) is 25.0 Å². The molecule has 1 aliphatic rings. The number of carbonyl (C=O) groups excluding carboxylic acids is 2. The average molecular weight is 425 g/mol. The van der Waals surface area contributed by atoms with Crippen molar-refractivity contribution in [3.63, 3.8) is 0 Å². The number of rotatable bonds is 6. The highest BCUT2D eigenvalue weighted by molar-refractivity contribution is 5.90. The first-order valence-electron chi connectivity index (χ1n) is 9.89. The zero-order valence-electron chi connectivity index (χ0n) is 16.5. The maximum Gasteiger partial charge on any atom is 0.245 e. The van der Waals surface area contributed by atoms with Crippen molar-refractivity contribution in [2.75, 3.05) is 6.54 Å². The molecule has 4 rings (SSSR count). The van der Waals surface area contributed by atoms with Crippen LogP contribution < -0.4 is 10.6 Å². The van der Waals surface area contributed by atoms with Crippen molar-refractivity contribution in [1.29, 1.82) is 0 Å². The molecule has 1 aromatic heterocycles. The van der Waals surface area contributed by atoms with Gasteiger partial charge in [-0.3, -0.25) is 9.59 Å². The van der Waals surface area contributed by atoms with Gasteiger partial charge in [0.1, 0.15) is 23.8 Å². The minimum atomic E-state index is -0.955. The standard InChI is InChI=1S/C23H21F2N3O3/c24-16-6-1-13(2-7-16)18-11-15(21(27-18)14-3-8-17(25)9-4-14)5-10-20(30)28-22-19(29)12-26-23(22)31/h1-4,6-9,11,19,22,27,29H,5,10,12H2,(H,26,31)(H,28,30)/t19-,22+/m0/s1. The summed E-state index contributed by atoms with van der Waals surface area (Å²) in [6.45, 7) is 0.108. The highest BCUT2D eigenvalue weighted by atomic mass is 19.1. The summed E-state index contributed by atoms with van der Waals surface area (Å²) in [5.41, 5.74) is 3.80. The molecule has 0 saturated carbocycles. The molecule has 0 unspecified atom stereocenters. The van der Waals surface area contributed by atoms with Crippen LogP contribution in [-0.2, 0) is 16.0 Å². The highest BCUT2D eigenvalue weighted by Gasteiger charge is 2.34. The summed E-state index contributed by atoms with van der Waals surface area (Å²) in [6, 6.07) is 12.9. The van der Waals surface area contributed by atoms with Gasteiger partial charge in [-0.05, 0) is 77.7 Å². The van der Waals surface area contributed by atoms with E-state index in [1.54, 1.807) is 24.3 Å². The molecule has 0 bridgehead atoms. The predicted octanol–water partition coefficient (Wildman–Crippen LogP) is 2.54. The second-order valence-electron chi connectivity index (χ2n) is 7.45. The van der Waals surface area contributed by atoms with Crippen LogP contribution in [0.2, 0.25) is 0 Å². The number of β-amino-alcohol motifs (C(OH)–C–C–N with tert-alkyl or cyclic N) is 1. The molecular formula is C23H21F2N3O3. The van der Waals surface area contributed by atoms with Crippen molar-refractivity contribution in [2.24, 2.45) is 0 Å². The Morgan fingerprint density at radius 3 is 2.23 bits per heavy atom. The summed E-state index contributed by atoms with van der Waals surface area (Å²) in [5.74, 6) is -1.48. The van der Waals surface area contributed by atoms with Gasteiger partial charge < -0.3 is 20.7 Å². The molecule has 8 heteroatoms. The van der Waals surface area contributed by atoms with Crippen molar-refractivity contribution < 1.29 is 23.5 Å². The van der Waals surface area contributed by atoms with Crippen molar-refractivity contribution in [1.82, 2.24) is 15.6 Å². The summed E-state index contributed by atoms with van der Waals surface area (Å²) >= 11 is 0. The molecule has 1 aliphatic heterocycles. The van der Waals surface area contributed by atoms with E-state index in [4.69, 9.17) is 0 Å². The molecule has 2 aromatic carbocycles. The maximum absolute atomic E-state index is 13.4. The van der Waals surface area contributed by atoms with Crippen LogP contribution in [0.15, 0.2) is 54.6 Å². The predicted molar refractivity (Wildman–Crippen MR) is 111 cm³/mol. The third-order valence-electron chi connectivity index (χ3n) is 5.28. The minimum Gasteiger partial charge on any atom is -0.389 e. The Bertz CT molecular complexity index is 1090. The minimum absolute atomic E-state index is 0.0887. The molecule has 0 spiro atoms. The molecule has 3 aromatic rings. The zero-order chi connectivity index (χ0) is 22.0. The van der Waals surface area contributed by atoms with Gasteiger partial charge in [-0.2, -0.15) is 0 Å². The van der Waals surface area contributed by atoms with Gasteiger partial charge in [-0.25, -0.2) is 8.78 Å². The number of aromatic nitrogens is 1. The van der Waals surface area contributed by atoms with E-state index in [9.17, 15) is 23.5 Å². The van der Waals surface area contributed by atoms with E-state index < -0.39 is 18.1 Å². The van der Waals surface area contributed by atoms with Gasteiger partial charge >= 0.3 is 0 Å². The Labute approximate surface area is 177 Å². The molecule has 1 saturated heterocycles. The second-order valence-corrected chi connectivity index (χ2v) is 7.45. The molecule has 2 atom stereocenters. The lowest BCUT2D eigenvalue weighted by atomic mass is 10.0. The third-order valence-corrected chi connectivity index (χ3v) is 5.28. The van der Waals surface area contributed by atoms with E-state index >= 15 is 0 Å². The van der Waals surface area contributed by atoms with Crippen LogP contribution in [0.25, 0.3) is 22.5 Å². The van der Waals surface area contributed by atoms with E-state index in [2.05, 4.69) is 15.6 Å². The Morgan fingerprint density at radius 2 is 1.65 bits per heavy atom. The number of carbonyl (C=O) groups is 2. The molecule has 0 aliphatic carbocycles. The van der Waals surface area contributed by atoms with E-state index in [1.165, 1.54) is 24.3 Å². The number of aryl methyl sites for hydroxylation is 1. The first kappa shape index (κ1) is 20.7. The number of aliphatic hydroxyl groups is 1. The molecule has 4 N–H and O–H groups in total. The van der Waals surface area contributed by atoms with Crippen LogP contribution in [0, 0.1) is 11.6 Å². The van der Waals surface area contributed by atoms with E-state index in [0.717, 1.165) is 28.1 Å². The number of amides is 2. The SMILES string of the molecule is O=C(CCc1cc(-c2ccc(F)cc2)[nH]c1-c1ccc(F)cc1)N[C@H]1C(=O)NC[C@@H]1O. The Hall–Kier alpha value is -3.52. The zero-order valence-corrected chi connectivity index (χ0v) is 16.5. The fourth-order valence-corrected chi connectivity index (χ4v) is 3.62. The third kappa shape index (κ3) is 4.64. The molecule has 160 valence electrons. The lowest BCUT2D eigenvalue weighted by Crippen LogP contribution is -2.45. The lowest BCUT2D eigenvalue weighted by molar-refractivity contribution is -0.128. The van der Waals surface area contributed by atoms with Crippen molar-refractivity contribution in [3.05, 3.63) is 71.8 Å². The summed E-state index contributed by atoms with van der Waals surface area (Å²) in [5, 5.41) is 14.8. The maximum atomic E-state index is 13.4. The van der Waals surface area contributed by atoms with Gasteiger partial charge in [-0.1, -0.05) is 0 Å². The molecule has 6 nitrogen and oxygen atoms in total. The smallest absolute Gasteiger partial charge is 0.245 e. The molecular weight excluding hydrogens is 404 g/mol. The molecule has 0 radical (unpaired) electrons. The number of hydrogen-bond donors (Lipinski definition) is 4. The van der Waals surface area contributed by atoms with E-state index in [1.807, 2.05) is 6.07 Å². The normalized spacial score (nSPS) is 18.1. The summed E-state index contributed by atoms with van der Waals surface area (Å²) < 4.78 is 26.7. The van der Waals surface area contributed by atoms with E-state index in [0.29, 0.717) is 6.42 Å². The fourth-order valence-electron chi connectivity index (χ4n) is 3.62. The number of benzene rings is 2. The van der Waals surface area contributed by atoms with Gasteiger partial charge in [-0.15, -0.1) is 0 Å². The van der Waals surface area contributed by atoms with Crippen LogP contribution in [-0.4, -0.2) is 40.6 Å².